The van der Waals surface area contributed by atoms with Crippen LogP contribution in [0.15, 0.2) is 67.1 Å². The Bertz CT molecular complexity index is 1160. The Balaban J connectivity index is 1.54. The van der Waals surface area contributed by atoms with Gasteiger partial charge in [-0.2, -0.15) is 0 Å². The standard InChI is InChI=1S/C23H21AsClN4O2/c1-24-10-12-30-21-7-4-6-19-22(21)23(28-15-27-19)29-16-8-9-20(18(25)13-16)31-14-17-5-2-3-11-26-17/h2-9,11,13,15H,10,12,14H2,1H3,(H,27,28,29). The third-order valence-electron chi connectivity index (χ3n) is 4.49. The van der Waals surface area contributed by atoms with Gasteiger partial charge in [-0.05, 0) is 12.1 Å². The van der Waals surface area contributed by atoms with Gasteiger partial charge in [-0.25, -0.2) is 0 Å². The number of pyridine rings is 1. The van der Waals surface area contributed by atoms with Crippen molar-refractivity contribution in [2.75, 3.05) is 11.9 Å². The minimum absolute atomic E-state index is 0.319. The molecule has 31 heavy (non-hydrogen) atoms. The minimum atomic E-state index is 0.319. The molecule has 8 heteroatoms. The number of anilines is 2. The first-order valence-corrected chi connectivity index (χ1v) is 13.3. The molecule has 0 spiro atoms. The van der Waals surface area contributed by atoms with Crippen LogP contribution in [0.1, 0.15) is 5.69 Å². The summed E-state index contributed by atoms with van der Waals surface area (Å²) in [5, 5.41) is 5.78. The average Bonchev–Trinajstić information content (AvgIpc) is 2.80. The first-order chi connectivity index (χ1) is 15.2. The van der Waals surface area contributed by atoms with Gasteiger partial charge in [0.25, 0.3) is 0 Å². The molecule has 0 aliphatic rings. The summed E-state index contributed by atoms with van der Waals surface area (Å²) in [5.74, 6) is 2.04. The van der Waals surface area contributed by atoms with Gasteiger partial charge in [-0.15, -0.1) is 0 Å². The van der Waals surface area contributed by atoms with Crippen LogP contribution in [0.5, 0.6) is 11.5 Å². The molecule has 0 bridgehead atoms. The van der Waals surface area contributed by atoms with Crippen molar-refractivity contribution in [3.8, 4) is 11.5 Å². The van der Waals surface area contributed by atoms with Crippen LogP contribution in [0.2, 0.25) is 15.9 Å². The molecule has 0 unspecified atom stereocenters. The fourth-order valence-corrected chi connectivity index (χ4v) is 3.82. The number of benzene rings is 2. The number of aromatic nitrogens is 3. The number of nitrogens with one attached hydrogen (secondary N) is 1. The van der Waals surface area contributed by atoms with E-state index in [9.17, 15) is 0 Å². The third-order valence-corrected chi connectivity index (χ3v) is 6.11. The van der Waals surface area contributed by atoms with Crippen molar-refractivity contribution < 1.29 is 9.47 Å². The van der Waals surface area contributed by atoms with E-state index >= 15 is 0 Å². The summed E-state index contributed by atoms with van der Waals surface area (Å²) >= 11 is 6.77. The molecule has 157 valence electrons. The molecule has 2 aromatic heterocycles. The van der Waals surface area contributed by atoms with Gasteiger partial charge >= 0.3 is 151 Å². The molecule has 0 aliphatic carbocycles. The van der Waals surface area contributed by atoms with Gasteiger partial charge in [0, 0.05) is 6.20 Å². The van der Waals surface area contributed by atoms with Crippen LogP contribution in [0.4, 0.5) is 11.5 Å². The van der Waals surface area contributed by atoms with Crippen molar-refractivity contribution in [3.05, 3.63) is 77.8 Å². The predicted octanol–water partition coefficient (Wildman–Crippen LogP) is 5.55. The summed E-state index contributed by atoms with van der Waals surface area (Å²) in [6.07, 6.45) is 3.28. The van der Waals surface area contributed by atoms with Crippen molar-refractivity contribution in [2.45, 2.75) is 17.5 Å². The molecule has 0 saturated carbocycles. The van der Waals surface area contributed by atoms with E-state index in [-0.39, 0.29) is 0 Å². The molecular weight excluding hydrogens is 475 g/mol. The van der Waals surface area contributed by atoms with E-state index in [0.717, 1.165) is 33.2 Å². The normalized spacial score (nSPS) is 11.2. The predicted molar refractivity (Wildman–Crippen MR) is 125 cm³/mol. The molecule has 1 N–H and O–H groups in total. The first kappa shape index (κ1) is 21.4. The van der Waals surface area contributed by atoms with Gasteiger partial charge in [-0.3, -0.25) is 4.98 Å². The van der Waals surface area contributed by atoms with Gasteiger partial charge < -0.3 is 0 Å². The molecule has 0 atom stereocenters. The molecule has 2 heterocycles. The van der Waals surface area contributed by atoms with Crippen LogP contribution in [-0.2, 0) is 6.61 Å². The monoisotopic (exact) mass is 495 g/mol. The topological polar surface area (TPSA) is 69.2 Å². The fourth-order valence-electron chi connectivity index (χ4n) is 3.01. The average molecular weight is 496 g/mol. The Morgan fingerprint density at radius 2 is 1.90 bits per heavy atom. The van der Waals surface area contributed by atoms with Crippen molar-refractivity contribution >= 4 is 49.8 Å². The van der Waals surface area contributed by atoms with Crippen LogP contribution < -0.4 is 14.8 Å². The van der Waals surface area contributed by atoms with E-state index in [4.69, 9.17) is 21.1 Å². The quantitative estimate of drug-likeness (QED) is 0.242. The number of rotatable bonds is 9. The van der Waals surface area contributed by atoms with E-state index in [1.165, 1.54) is 6.33 Å². The van der Waals surface area contributed by atoms with Gasteiger partial charge in [0.05, 0.1) is 5.69 Å². The summed E-state index contributed by atoms with van der Waals surface area (Å²) in [4.78, 5) is 13.1. The number of fused-ring (bicyclic) bond motifs is 1. The van der Waals surface area contributed by atoms with Crippen LogP contribution in [0.3, 0.4) is 0 Å². The van der Waals surface area contributed by atoms with E-state index in [0.29, 0.717) is 45.6 Å². The second-order valence-corrected chi connectivity index (χ2v) is 9.31. The maximum atomic E-state index is 6.46. The number of nitrogens with zero attached hydrogens (tertiary/aromatic N) is 3. The van der Waals surface area contributed by atoms with Gasteiger partial charge in [0.15, 0.2) is 0 Å². The maximum absolute atomic E-state index is 6.46. The number of ether oxygens (including phenoxy) is 2. The van der Waals surface area contributed by atoms with E-state index in [1.807, 2.05) is 54.6 Å². The Morgan fingerprint density at radius 3 is 2.71 bits per heavy atom. The van der Waals surface area contributed by atoms with E-state index in [1.54, 1.807) is 6.20 Å². The summed E-state index contributed by atoms with van der Waals surface area (Å²) in [6.45, 7) is 1.04. The summed E-state index contributed by atoms with van der Waals surface area (Å²) in [6, 6.07) is 17.1. The zero-order valence-electron chi connectivity index (χ0n) is 17.0. The SMILES string of the molecule is C[As]CCOc1cccc2ncnc(Nc3ccc(OCc4ccccn4)c(Cl)c3)c12. The van der Waals surface area contributed by atoms with E-state index in [2.05, 4.69) is 26.0 Å². The van der Waals surface area contributed by atoms with Crippen LogP contribution >= 0.6 is 11.6 Å². The molecule has 0 fully saturated rings. The molecule has 4 rings (SSSR count). The van der Waals surface area contributed by atoms with Gasteiger partial charge in [0.2, 0.25) is 0 Å². The van der Waals surface area contributed by atoms with Crippen LogP contribution in [-0.4, -0.2) is 37.3 Å². The third kappa shape index (κ3) is 5.46. The molecule has 0 aliphatic heterocycles. The van der Waals surface area contributed by atoms with Gasteiger partial charge in [0.1, 0.15) is 6.61 Å². The van der Waals surface area contributed by atoms with E-state index < -0.39 is 0 Å². The molecule has 0 saturated heterocycles. The van der Waals surface area contributed by atoms with Crippen molar-refractivity contribution in [3.63, 3.8) is 0 Å². The van der Waals surface area contributed by atoms with Gasteiger partial charge in [-0.1, -0.05) is 6.07 Å². The van der Waals surface area contributed by atoms with Crippen molar-refractivity contribution in [2.24, 2.45) is 0 Å². The molecule has 1 radical (unpaired) electrons. The summed E-state index contributed by atoms with van der Waals surface area (Å²) < 4.78 is 11.8. The van der Waals surface area contributed by atoms with Crippen molar-refractivity contribution in [1.29, 1.82) is 0 Å². The zero-order chi connectivity index (χ0) is 21.5. The molecular formula is C23H21AsClN4O2. The first-order valence-electron chi connectivity index (χ1n) is 9.76. The Hall–Kier alpha value is -2.82. The Kier molecular flexibility index (Phi) is 7.23. The molecule has 0 amide bonds. The Morgan fingerprint density at radius 1 is 0.968 bits per heavy atom. The number of halogens is 1. The summed E-state index contributed by atoms with van der Waals surface area (Å²) in [7, 11) is 0. The van der Waals surface area contributed by atoms with Crippen LogP contribution in [0, 0.1) is 0 Å². The molecule has 2 aromatic carbocycles. The van der Waals surface area contributed by atoms with Crippen molar-refractivity contribution in [1.82, 2.24) is 15.0 Å². The molecule has 6 nitrogen and oxygen atoms in total. The molecule has 4 aromatic rings. The summed E-state index contributed by atoms with van der Waals surface area (Å²) in [5.41, 5.74) is 4.68. The second kappa shape index (κ2) is 10.5. The number of hydrogen-bond donors (Lipinski definition) is 1. The Labute approximate surface area is 192 Å². The fraction of sp³-hybridized carbons (Fsp3) is 0.174. The zero-order valence-corrected chi connectivity index (χ0v) is 19.6. The van der Waals surface area contributed by atoms with Crippen LogP contribution in [0.25, 0.3) is 10.9 Å². The number of hydrogen-bond acceptors (Lipinski definition) is 6. The second-order valence-electron chi connectivity index (χ2n) is 6.64.